The molecule has 0 radical (unpaired) electrons. The van der Waals surface area contributed by atoms with E-state index in [-0.39, 0.29) is 12.6 Å². The van der Waals surface area contributed by atoms with E-state index in [0.717, 1.165) is 12.7 Å². The first-order valence-electron chi connectivity index (χ1n) is 14.2. The summed E-state index contributed by atoms with van der Waals surface area (Å²) >= 11 is 0. The average Bonchev–Trinajstić information content (AvgIpc) is 2.99. The van der Waals surface area contributed by atoms with Crippen LogP contribution < -0.4 is 4.74 Å². The van der Waals surface area contributed by atoms with Gasteiger partial charge < -0.3 is 47.4 Å². The molecule has 0 saturated carbocycles. The van der Waals surface area contributed by atoms with Crippen LogP contribution in [0.3, 0.4) is 0 Å². The lowest BCUT2D eigenvalue weighted by Gasteiger charge is -2.09. The molecule has 0 heterocycles. The molecule has 0 amide bonds. The number of esters is 1. The van der Waals surface area contributed by atoms with Gasteiger partial charge in [-0.2, -0.15) is 0 Å². The Kier molecular flexibility index (Phi) is 26.4. The Morgan fingerprint density at radius 1 is 0.537 bits per heavy atom. The van der Waals surface area contributed by atoms with Crippen molar-refractivity contribution < 1.29 is 57.0 Å². The number of benzene rings is 1. The Morgan fingerprint density at radius 2 is 0.878 bits per heavy atom. The van der Waals surface area contributed by atoms with Crippen LogP contribution in [0, 0.1) is 0 Å². The van der Waals surface area contributed by atoms with Crippen LogP contribution >= 0.6 is 0 Å². The normalized spacial score (nSPS) is 11.0. The predicted octanol–water partition coefficient (Wildman–Crippen LogP) is 2.35. The number of aldehydes is 1. The summed E-state index contributed by atoms with van der Waals surface area (Å²) < 4.78 is 53.9. The first kappa shape index (κ1) is 36.9. The third kappa shape index (κ3) is 25.3. The summed E-state index contributed by atoms with van der Waals surface area (Å²) in [6.07, 6.45) is 2.02. The van der Waals surface area contributed by atoms with Gasteiger partial charge in [0.05, 0.1) is 106 Å². The average molecular weight is 589 g/mol. The van der Waals surface area contributed by atoms with Crippen molar-refractivity contribution in [2.24, 2.45) is 0 Å². The monoisotopic (exact) mass is 588 g/mol. The summed E-state index contributed by atoms with van der Waals surface area (Å²) in [6, 6.07) is 6.92. The topological polar surface area (TPSA) is 126 Å². The first-order valence-corrected chi connectivity index (χ1v) is 14.2. The fraction of sp³-hybridized carbons (Fsp3) is 0.724. The molecule has 236 valence electrons. The molecular formula is C29H48O12. The van der Waals surface area contributed by atoms with E-state index >= 15 is 0 Å². The molecule has 0 atom stereocenters. The van der Waals surface area contributed by atoms with Crippen LogP contribution in [-0.2, 0) is 47.4 Å². The molecule has 41 heavy (non-hydrogen) atoms. The van der Waals surface area contributed by atoms with Crippen LogP contribution in [-0.4, -0.2) is 131 Å². The molecule has 1 aromatic rings. The quantitative estimate of drug-likeness (QED) is 0.0718. The van der Waals surface area contributed by atoms with Gasteiger partial charge in [0, 0.05) is 12.0 Å². The van der Waals surface area contributed by atoms with Gasteiger partial charge in [-0.05, 0) is 30.7 Å². The zero-order chi connectivity index (χ0) is 29.5. The van der Waals surface area contributed by atoms with Crippen molar-refractivity contribution in [3.05, 3.63) is 29.8 Å². The van der Waals surface area contributed by atoms with E-state index in [2.05, 4.69) is 0 Å². The third-order valence-corrected chi connectivity index (χ3v) is 5.06. The van der Waals surface area contributed by atoms with Crippen LogP contribution in [0.25, 0.3) is 0 Å². The van der Waals surface area contributed by atoms with Gasteiger partial charge in [-0.1, -0.05) is 6.92 Å². The van der Waals surface area contributed by atoms with Gasteiger partial charge in [-0.15, -0.1) is 0 Å². The van der Waals surface area contributed by atoms with Crippen molar-refractivity contribution in [2.75, 3.05) is 119 Å². The summed E-state index contributed by atoms with van der Waals surface area (Å²) in [7, 11) is 0. The molecule has 0 saturated heterocycles. The molecule has 0 N–H and O–H groups in total. The number of hydrogen-bond donors (Lipinski definition) is 0. The predicted molar refractivity (Wildman–Crippen MR) is 150 cm³/mol. The van der Waals surface area contributed by atoms with Crippen molar-refractivity contribution in [2.45, 2.75) is 19.8 Å². The summed E-state index contributed by atoms with van der Waals surface area (Å²) in [5.41, 5.74) is 0.616. The van der Waals surface area contributed by atoms with E-state index in [9.17, 15) is 9.59 Å². The van der Waals surface area contributed by atoms with Crippen molar-refractivity contribution >= 4 is 12.3 Å². The number of hydrogen-bond acceptors (Lipinski definition) is 12. The number of ether oxygens (including phenoxy) is 10. The Bertz CT molecular complexity index is 716. The first-order chi connectivity index (χ1) is 20.3. The molecule has 1 aromatic carbocycles. The van der Waals surface area contributed by atoms with E-state index in [0.29, 0.717) is 130 Å². The molecule has 0 spiro atoms. The molecule has 12 heteroatoms. The van der Waals surface area contributed by atoms with E-state index < -0.39 is 0 Å². The van der Waals surface area contributed by atoms with Crippen molar-refractivity contribution in [1.29, 1.82) is 0 Å². The highest BCUT2D eigenvalue weighted by Crippen LogP contribution is 2.10. The molecule has 0 bridgehead atoms. The van der Waals surface area contributed by atoms with Gasteiger partial charge in [0.25, 0.3) is 0 Å². The minimum Gasteiger partial charge on any atom is -0.491 e. The van der Waals surface area contributed by atoms with Crippen LogP contribution in [0.15, 0.2) is 24.3 Å². The van der Waals surface area contributed by atoms with Crippen molar-refractivity contribution in [3.8, 4) is 5.75 Å². The second-order valence-corrected chi connectivity index (χ2v) is 8.40. The Morgan fingerprint density at radius 3 is 1.22 bits per heavy atom. The van der Waals surface area contributed by atoms with E-state index in [1.807, 2.05) is 6.92 Å². The number of rotatable bonds is 31. The zero-order valence-electron chi connectivity index (χ0n) is 24.4. The molecule has 0 aromatic heterocycles. The minimum atomic E-state index is -0.190. The van der Waals surface area contributed by atoms with Crippen LogP contribution in [0.5, 0.6) is 5.75 Å². The highest BCUT2D eigenvalue weighted by molar-refractivity contribution is 5.74. The maximum absolute atomic E-state index is 11.2. The smallest absolute Gasteiger partial charge is 0.305 e. The fourth-order valence-corrected chi connectivity index (χ4v) is 2.99. The largest absolute Gasteiger partial charge is 0.491 e. The minimum absolute atomic E-state index is 0.190. The molecule has 0 unspecified atom stereocenters. The van der Waals surface area contributed by atoms with Gasteiger partial charge in [-0.3, -0.25) is 9.59 Å². The second kappa shape index (κ2) is 29.3. The fourth-order valence-electron chi connectivity index (χ4n) is 2.99. The summed E-state index contributed by atoms with van der Waals surface area (Å²) in [4.78, 5) is 21.8. The van der Waals surface area contributed by atoms with E-state index in [1.54, 1.807) is 24.3 Å². The van der Waals surface area contributed by atoms with E-state index in [1.165, 1.54) is 0 Å². The summed E-state index contributed by atoms with van der Waals surface area (Å²) in [5.74, 6) is 0.511. The number of carbonyl (C=O) groups excluding carboxylic acids is 2. The highest BCUT2D eigenvalue weighted by atomic mass is 16.6. The molecule has 0 aliphatic heterocycles. The maximum Gasteiger partial charge on any atom is 0.305 e. The summed E-state index contributed by atoms with van der Waals surface area (Å²) in [5, 5.41) is 0. The molecule has 0 fully saturated rings. The third-order valence-electron chi connectivity index (χ3n) is 5.06. The summed E-state index contributed by atoms with van der Waals surface area (Å²) in [6.45, 7) is 10.2. The van der Waals surface area contributed by atoms with Crippen molar-refractivity contribution in [1.82, 2.24) is 0 Å². The standard InChI is InChI=1S/C29H48O12/c1-2-3-29(31)41-25-23-39-21-19-37-17-15-35-13-11-33-9-8-32-10-12-34-14-16-36-18-20-38-22-24-40-28-6-4-27(26-30)5-7-28/h4-7,26H,2-3,8-25H2,1H3. The van der Waals surface area contributed by atoms with Gasteiger partial charge in [0.1, 0.15) is 25.2 Å². The highest BCUT2D eigenvalue weighted by Gasteiger charge is 2.00. The SMILES string of the molecule is CCCC(=O)OCCOCCOCCOCCOCCOCCOCCOCCOCCOc1ccc(C=O)cc1. The lowest BCUT2D eigenvalue weighted by Crippen LogP contribution is -2.15. The molecule has 0 aliphatic carbocycles. The van der Waals surface area contributed by atoms with Gasteiger partial charge in [-0.25, -0.2) is 0 Å². The second-order valence-electron chi connectivity index (χ2n) is 8.40. The van der Waals surface area contributed by atoms with Gasteiger partial charge in [0.15, 0.2) is 0 Å². The number of carbonyl (C=O) groups is 2. The van der Waals surface area contributed by atoms with Crippen molar-refractivity contribution in [3.63, 3.8) is 0 Å². The lowest BCUT2D eigenvalue weighted by molar-refractivity contribution is -0.145. The molecule has 1 rings (SSSR count). The van der Waals surface area contributed by atoms with Crippen LogP contribution in [0.4, 0.5) is 0 Å². The van der Waals surface area contributed by atoms with Crippen LogP contribution in [0.2, 0.25) is 0 Å². The molecule has 12 nitrogen and oxygen atoms in total. The lowest BCUT2D eigenvalue weighted by atomic mass is 10.2. The van der Waals surface area contributed by atoms with Gasteiger partial charge >= 0.3 is 5.97 Å². The zero-order valence-corrected chi connectivity index (χ0v) is 24.4. The molecular weight excluding hydrogens is 540 g/mol. The Balaban J connectivity index is 1.66. The Hall–Kier alpha value is -2.16. The molecule has 0 aliphatic rings. The van der Waals surface area contributed by atoms with Gasteiger partial charge in [0.2, 0.25) is 0 Å². The Labute approximate surface area is 243 Å². The maximum atomic E-state index is 11.2. The van der Waals surface area contributed by atoms with Crippen LogP contribution in [0.1, 0.15) is 30.1 Å². The van der Waals surface area contributed by atoms with E-state index in [4.69, 9.17) is 47.4 Å².